The summed E-state index contributed by atoms with van der Waals surface area (Å²) in [7, 11) is -0.852. The molecule has 1 N–H and O–H groups in total. The molecule has 0 saturated carbocycles. The van der Waals surface area contributed by atoms with Crippen molar-refractivity contribution in [3.05, 3.63) is 0 Å². The summed E-state index contributed by atoms with van der Waals surface area (Å²) < 4.78 is 46.1. The molecule has 2 unspecified atom stereocenters. The standard InChI is InChI=1S/C9H18F3NOS/c1-8(15(2)14)4-7-13-6-3-5-9(10,11)12/h8,13H,3-7H2,1-2H3. The van der Waals surface area contributed by atoms with Crippen molar-refractivity contribution in [1.82, 2.24) is 5.32 Å². The first-order valence-electron chi connectivity index (χ1n) is 4.92. The van der Waals surface area contributed by atoms with E-state index in [1.807, 2.05) is 6.92 Å². The van der Waals surface area contributed by atoms with Crippen LogP contribution in [0.15, 0.2) is 0 Å². The Kier molecular flexibility index (Phi) is 7.17. The normalized spacial score (nSPS) is 16.3. The number of hydrogen-bond acceptors (Lipinski definition) is 2. The molecular weight excluding hydrogens is 227 g/mol. The summed E-state index contributed by atoms with van der Waals surface area (Å²) in [5, 5.41) is 3.01. The molecule has 0 rings (SSSR count). The lowest BCUT2D eigenvalue weighted by molar-refractivity contribution is -0.135. The summed E-state index contributed by atoms with van der Waals surface area (Å²) >= 11 is 0. The lowest BCUT2D eigenvalue weighted by Crippen LogP contribution is -2.23. The summed E-state index contributed by atoms with van der Waals surface area (Å²) in [6.07, 6.45) is -2.33. The summed E-state index contributed by atoms with van der Waals surface area (Å²) in [6, 6.07) is 0. The van der Waals surface area contributed by atoms with Crippen LogP contribution in [0, 0.1) is 0 Å². The molecule has 0 aromatic carbocycles. The van der Waals surface area contributed by atoms with E-state index in [9.17, 15) is 17.4 Å². The van der Waals surface area contributed by atoms with E-state index in [4.69, 9.17) is 0 Å². The van der Waals surface area contributed by atoms with Crippen LogP contribution in [-0.2, 0) is 10.8 Å². The molecule has 2 nitrogen and oxygen atoms in total. The summed E-state index contributed by atoms with van der Waals surface area (Å²) in [5.74, 6) is 0. The number of halogens is 3. The van der Waals surface area contributed by atoms with Crippen molar-refractivity contribution in [1.29, 1.82) is 0 Å². The van der Waals surface area contributed by atoms with Crippen LogP contribution >= 0.6 is 0 Å². The predicted octanol–water partition coefficient (Wildman–Crippen LogP) is 2.08. The quantitative estimate of drug-likeness (QED) is 0.696. The van der Waals surface area contributed by atoms with Gasteiger partial charge in [-0.05, 0) is 25.9 Å². The molecule has 0 spiro atoms. The fourth-order valence-electron chi connectivity index (χ4n) is 1.01. The SMILES string of the molecule is CC(CCNCCCC(F)(F)F)S(C)=O. The Bertz CT molecular complexity index is 196. The van der Waals surface area contributed by atoms with Gasteiger partial charge in [0.1, 0.15) is 0 Å². The van der Waals surface area contributed by atoms with Crippen molar-refractivity contribution in [2.75, 3.05) is 19.3 Å². The Balaban J connectivity index is 3.29. The molecule has 0 fully saturated rings. The van der Waals surface area contributed by atoms with Gasteiger partial charge in [-0.15, -0.1) is 0 Å². The molecule has 0 saturated heterocycles. The Morgan fingerprint density at radius 2 is 1.93 bits per heavy atom. The summed E-state index contributed by atoms with van der Waals surface area (Å²) in [5.41, 5.74) is 0. The van der Waals surface area contributed by atoms with Crippen LogP contribution in [0.4, 0.5) is 13.2 Å². The minimum atomic E-state index is -4.06. The molecule has 92 valence electrons. The molecule has 0 aliphatic rings. The molecule has 0 heterocycles. The minimum Gasteiger partial charge on any atom is -0.317 e. The van der Waals surface area contributed by atoms with Gasteiger partial charge in [0.15, 0.2) is 0 Å². The molecule has 0 aromatic heterocycles. The average Bonchev–Trinajstić information content (AvgIpc) is 2.08. The molecule has 15 heavy (non-hydrogen) atoms. The van der Waals surface area contributed by atoms with E-state index in [0.29, 0.717) is 13.1 Å². The van der Waals surface area contributed by atoms with E-state index < -0.39 is 23.4 Å². The highest BCUT2D eigenvalue weighted by Crippen LogP contribution is 2.20. The fourth-order valence-corrected chi connectivity index (χ4v) is 1.46. The van der Waals surface area contributed by atoms with Crippen molar-refractivity contribution in [2.45, 2.75) is 37.6 Å². The molecule has 0 aromatic rings. The van der Waals surface area contributed by atoms with Gasteiger partial charge in [-0.25, -0.2) is 0 Å². The molecule has 0 aliphatic carbocycles. The maximum absolute atomic E-state index is 11.7. The van der Waals surface area contributed by atoms with Gasteiger partial charge in [-0.3, -0.25) is 4.21 Å². The Morgan fingerprint density at radius 3 is 2.40 bits per heavy atom. The molecule has 0 radical (unpaired) electrons. The number of rotatable bonds is 7. The third-order valence-electron chi connectivity index (χ3n) is 2.11. The lowest BCUT2D eigenvalue weighted by Gasteiger charge is -2.09. The highest BCUT2D eigenvalue weighted by molar-refractivity contribution is 7.84. The number of nitrogens with one attached hydrogen (secondary N) is 1. The number of hydrogen-bond donors (Lipinski definition) is 1. The van der Waals surface area contributed by atoms with Crippen LogP contribution in [0.5, 0.6) is 0 Å². The Morgan fingerprint density at radius 1 is 1.33 bits per heavy atom. The molecule has 0 aliphatic heterocycles. The molecule has 2 atom stereocenters. The van der Waals surface area contributed by atoms with E-state index in [1.54, 1.807) is 6.26 Å². The highest BCUT2D eigenvalue weighted by atomic mass is 32.2. The second kappa shape index (κ2) is 7.22. The average molecular weight is 245 g/mol. The monoisotopic (exact) mass is 245 g/mol. The van der Waals surface area contributed by atoms with Crippen LogP contribution in [0.2, 0.25) is 0 Å². The van der Waals surface area contributed by atoms with Gasteiger partial charge < -0.3 is 5.32 Å². The van der Waals surface area contributed by atoms with E-state index in [1.165, 1.54) is 0 Å². The van der Waals surface area contributed by atoms with Gasteiger partial charge in [-0.2, -0.15) is 13.2 Å². The first-order valence-corrected chi connectivity index (χ1v) is 6.55. The van der Waals surface area contributed by atoms with Crippen molar-refractivity contribution in [3.63, 3.8) is 0 Å². The third kappa shape index (κ3) is 10.2. The molecule has 0 amide bonds. The Hall–Kier alpha value is -0.100. The van der Waals surface area contributed by atoms with Crippen molar-refractivity contribution in [3.8, 4) is 0 Å². The van der Waals surface area contributed by atoms with E-state index in [2.05, 4.69) is 5.32 Å². The van der Waals surface area contributed by atoms with Crippen LogP contribution in [0.3, 0.4) is 0 Å². The van der Waals surface area contributed by atoms with E-state index in [0.717, 1.165) is 6.42 Å². The Labute approximate surface area is 91.1 Å². The van der Waals surface area contributed by atoms with Gasteiger partial charge in [0.25, 0.3) is 0 Å². The third-order valence-corrected chi connectivity index (χ3v) is 3.48. The molecular formula is C9H18F3NOS. The van der Waals surface area contributed by atoms with Gasteiger partial charge >= 0.3 is 6.18 Å². The maximum atomic E-state index is 11.7. The molecule has 6 heteroatoms. The minimum absolute atomic E-state index is 0.0973. The largest absolute Gasteiger partial charge is 0.389 e. The van der Waals surface area contributed by atoms with Crippen LogP contribution < -0.4 is 5.32 Å². The smallest absolute Gasteiger partial charge is 0.317 e. The van der Waals surface area contributed by atoms with Crippen molar-refractivity contribution >= 4 is 10.8 Å². The fraction of sp³-hybridized carbons (Fsp3) is 1.00. The highest BCUT2D eigenvalue weighted by Gasteiger charge is 2.25. The zero-order valence-corrected chi connectivity index (χ0v) is 9.88. The van der Waals surface area contributed by atoms with Gasteiger partial charge in [-0.1, -0.05) is 6.92 Å². The summed E-state index contributed by atoms with van der Waals surface area (Å²) in [6.45, 7) is 2.86. The first-order chi connectivity index (χ1) is 6.83. The van der Waals surface area contributed by atoms with Crippen LogP contribution in [-0.4, -0.2) is 35.0 Å². The van der Waals surface area contributed by atoms with Crippen LogP contribution in [0.25, 0.3) is 0 Å². The zero-order valence-electron chi connectivity index (χ0n) is 9.06. The number of alkyl halides is 3. The zero-order chi connectivity index (χ0) is 11.9. The predicted molar refractivity (Wildman–Crippen MR) is 56.3 cm³/mol. The van der Waals surface area contributed by atoms with Crippen LogP contribution in [0.1, 0.15) is 26.2 Å². The lowest BCUT2D eigenvalue weighted by atomic mass is 10.3. The van der Waals surface area contributed by atoms with Gasteiger partial charge in [0.2, 0.25) is 0 Å². The van der Waals surface area contributed by atoms with Gasteiger partial charge in [0, 0.05) is 28.7 Å². The van der Waals surface area contributed by atoms with Crippen molar-refractivity contribution in [2.24, 2.45) is 0 Å². The van der Waals surface area contributed by atoms with E-state index in [-0.39, 0.29) is 11.7 Å². The topological polar surface area (TPSA) is 29.1 Å². The van der Waals surface area contributed by atoms with E-state index >= 15 is 0 Å². The second-order valence-corrected chi connectivity index (χ2v) is 5.37. The van der Waals surface area contributed by atoms with Crippen molar-refractivity contribution < 1.29 is 17.4 Å². The van der Waals surface area contributed by atoms with Gasteiger partial charge in [0.05, 0.1) is 0 Å². The first kappa shape index (κ1) is 14.9. The molecule has 0 bridgehead atoms. The maximum Gasteiger partial charge on any atom is 0.389 e. The second-order valence-electron chi connectivity index (χ2n) is 3.57. The summed E-state index contributed by atoms with van der Waals surface area (Å²) in [4.78, 5) is 0.